The molecule has 0 aliphatic carbocycles. The lowest BCUT2D eigenvalue weighted by molar-refractivity contribution is -0.493. The number of alkyl carbamates (subject to hydrolysis) is 1. The third-order valence-corrected chi connectivity index (χ3v) is 2.56. The summed E-state index contributed by atoms with van der Waals surface area (Å²) >= 11 is 0. The van der Waals surface area contributed by atoms with Gasteiger partial charge in [0.2, 0.25) is 0 Å². The molecular weight excluding hydrogens is 394 g/mol. The van der Waals surface area contributed by atoms with Crippen LogP contribution in [0.25, 0.3) is 0 Å². The maximum absolute atomic E-state index is 11.7. The number of nitrogens with zero attached hydrogens (tertiary/aromatic N) is 2. The van der Waals surface area contributed by atoms with Crippen molar-refractivity contribution < 1.29 is 64.1 Å². The number of esters is 1. The molecule has 1 atom stereocenters. The molecule has 28 heavy (non-hydrogen) atoms. The van der Waals surface area contributed by atoms with Gasteiger partial charge in [0.05, 0.1) is 57.0 Å². The minimum absolute atomic E-state index is 0.000637. The van der Waals surface area contributed by atoms with Crippen molar-refractivity contribution >= 4 is 12.1 Å². The summed E-state index contributed by atoms with van der Waals surface area (Å²) in [5.41, 5.74) is 0. The predicted octanol–water partition coefficient (Wildman–Crippen LogP) is -2.33. The summed E-state index contributed by atoms with van der Waals surface area (Å²) in [5, 5.41) is 43.3. The zero-order valence-electron chi connectivity index (χ0n) is 14.8. The monoisotopic (exact) mass is 419 g/mol. The molecule has 6 N–H and O–H groups in total. The number of hydrogen-bond acceptors (Lipinski definition) is 15. The standard InChI is InChI=1S/C12H25N3O13/c16-9-10(11(17)25-5-1-23-3-7-27-14(19)20)13-12(18)26-6-2-24-4-8-28-15(21)22/h10,16,19-22H,1-9H2,(H,13,18). The van der Waals surface area contributed by atoms with Crippen molar-refractivity contribution in [2.24, 2.45) is 0 Å². The van der Waals surface area contributed by atoms with Gasteiger partial charge in [-0.15, -0.1) is 0 Å². The maximum atomic E-state index is 11.7. The van der Waals surface area contributed by atoms with Crippen LogP contribution in [0, 0.1) is 0 Å². The van der Waals surface area contributed by atoms with Gasteiger partial charge >= 0.3 is 12.1 Å². The Morgan fingerprint density at radius 1 is 0.750 bits per heavy atom. The van der Waals surface area contributed by atoms with Gasteiger partial charge < -0.3 is 29.4 Å². The third kappa shape index (κ3) is 16.5. The summed E-state index contributed by atoms with van der Waals surface area (Å²) in [5.74, 6) is -0.915. The molecule has 1 amide bonds. The van der Waals surface area contributed by atoms with E-state index in [1.165, 1.54) is 0 Å². The Morgan fingerprint density at radius 2 is 1.21 bits per heavy atom. The van der Waals surface area contributed by atoms with Gasteiger partial charge in [-0.25, -0.2) is 19.3 Å². The first-order chi connectivity index (χ1) is 13.4. The van der Waals surface area contributed by atoms with Crippen molar-refractivity contribution in [1.29, 1.82) is 0 Å². The second-order valence-corrected chi connectivity index (χ2v) is 4.58. The molecular formula is C12H25N3O13. The quantitative estimate of drug-likeness (QED) is 0.0829. The van der Waals surface area contributed by atoms with Gasteiger partial charge in [0.15, 0.2) is 6.04 Å². The largest absolute Gasteiger partial charge is 0.462 e. The smallest absolute Gasteiger partial charge is 0.408 e. The van der Waals surface area contributed by atoms with Crippen LogP contribution in [-0.2, 0) is 33.4 Å². The van der Waals surface area contributed by atoms with Gasteiger partial charge in [-0.2, -0.15) is 0 Å². The number of rotatable bonds is 17. The molecule has 166 valence electrons. The van der Waals surface area contributed by atoms with Crippen LogP contribution in [0.2, 0.25) is 0 Å². The van der Waals surface area contributed by atoms with E-state index in [9.17, 15) is 9.59 Å². The molecule has 0 aromatic heterocycles. The lowest BCUT2D eigenvalue weighted by Gasteiger charge is -2.15. The Morgan fingerprint density at radius 3 is 1.68 bits per heavy atom. The van der Waals surface area contributed by atoms with E-state index in [1.54, 1.807) is 0 Å². The molecule has 0 spiro atoms. The maximum Gasteiger partial charge on any atom is 0.408 e. The number of carbonyl (C=O) groups is 2. The Kier molecular flexibility index (Phi) is 16.3. The van der Waals surface area contributed by atoms with Crippen molar-refractivity contribution in [3.63, 3.8) is 0 Å². The molecule has 0 aliphatic heterocycles. The normalized spacial score (nSPS) is 12.2. The molecule has 0 aromatic carbocycles. The minimum Gasteiger partial charge on any atom is -0.462 e. The average molecular weight is 419 g/mol. The van der Waals surface area contributed by atoms with Crippen molar-refractivity contribution in [1.82, 2.24) is 16.1 Å². The van der Waals surface area contributed by atoms with Crippen molar-refractivity contribution in [2.45, 2.75) is 6.04 Å². The summed E-state index contributed by atoms with van der Waals surface area (Å²) in [4.78, 5) is 31.6. The Bertz CT molecular complexity index is 412. The van der Waals surface area contributed by atoms with Gasteiger partial charge in [0, 0.05) is 0 Å². The topological polar surface area (TPSA) is 209 Å². The van der Waals surface area contributed by atoms with Gasteiger partial charge in [-0.05, 0) is 0 Å². The molecule has 16 nitrogen and oxygen atoms in total. The Labute approximate surface area is 159 Å². The predicted molar refractivity (Wildman–Crippen MR) is 80.7 cm³/mol. The summed E-state index contributed by atoms with van der Waals surface area (Å²) < 4.78 is 19.4. The second-order valence-electron chi connectivity index (χ2n) is 4.58. The highest BCUT2D eigenvalue weighted by atomic mass is 17.1. The number of hydrogen-bond donors (Lipinski definition) is 6. The number of ether oxygens (including phenoxy) is 4. The fraction of sp³-hybridized carbons (Fsp3) is 0.833. The molecule has 0 aliphatic rings. The van der Waals surface area contributed by atoms with Gasteiger partial charge in [-0.1, -0.05) is 0 Å². The van der Waals surface area contributed by atoms with Crippen LogP contribution in [0.3, 0.4) is 0 Å². The van der Waals surface area contributed by atoms with E-state index in [0.717, 1.165) is 0 Å². The molecule has 0 aromatic rings. The molecule has 0 saturated carbocycles. The van der Waals surface area contributed by atoms with Gasteiger partial charge in [0.1, 0.15) is 13.2 Å². The van der Waals surface area contributed by atoms with E-state index in [-0.39, 0.29) is 52.9 Å². The summed E-state index contributed by atoms with van der Waals surface area (Å²) in [6, 6.07) is -1.34. The first kappa shape index (κ1) is 26.3. The number of amides is 1. The SMILES string of the molecule is O=C(NC(CO)C(=O)OCCOCCON(O)O)OCCOCCON(O)O. The summed E-state index contributed by atoms with van der Waals surface area (Å²) in [7, 11) is 0. The van der Waals surface area contributed by atoms with Crippen LogP contribution < -0.4 is 5.32 Å². The molecule has 0 saturated heterocycles. The zero-order chi connectivity index (χ0) is 21.2. The van der Waals surface area contributed by atoms with Crippen LogP contribution >= 0.6 is 0 Å². The molecule has 0 heterocycles. The minimum atomic E-state index is -1.34. The van der Waals surface area contributed by atoms with Crippen LogP contribution in [0.15, 0.2) is 0 Å². The Hall–Kier alpha value is -1.70. The molecule has 16 heteroatoms. The number of aliphatic hydroxyl groups excluding tert-OH is 1. The van der Waals surface area contributed by atoms with Crippen LogP contribution in [0.1, 0.15) is 0 Å². The van der Waals surface area contributed by atoms with Crippen molar-refractivity contribution in [2.75, 3.05) is 59.5 Å². The van der Waals surface area contributed by atoms with Crippen LogP contribution in [0.5, 0.6) is 0 Å². The second kappa shape index (κ2) is 17.4. The first-order valence-electron chi connectivity index (χ1n) is 7.84. The molecule has 0 fully saturated rings. The van der Waals surface area contributed by atoms with Crippen LogP contribution in [-0.4, -0.2) is 114 Å². The summed E-state index contributed by atoms with van der Waals surface area (Å²) in [6.07, 6.45) is -0.987. The van der Waals surface area contributed by atoms with Crippen molar-refractivity contribution in [3.8, 4) is 0 Å². The van der Waals surface area contributed by atoms with E-state index in [2.05, 4.69) is 15.0 Å². The fourth-order valence-electron chi connectivity index (χ4n) is 1.42. The fourth-order valence-corrected chi connectivity index (χ4v) is 1.42. The molecule has 1 unspecified atom stereocenters. The average Bonchev–Trinajstić information content (AvgIpc) is 2.63. The zero-order valence-corrected chi connectivity index (χ0v) is 14.8. The summed E-state index contributed by atoms with van der Waals surface area (Å²) in [6.45, 7) is -1.41. The lowest BCUT2D eigenvalue weighted by atomic mass is 10.3. The van der Waals surface area contributed by atoms with E-state index in [4.69, 9.17) is 44.9 Å². The molecule has 0 bridgehead atoms. The number of carbonyl (C=O) groups excluding carboxylic acids is 2. The van der Waals surface area contributed by atoms with E-state index in [1.807, 2.05) is 0 Å². The van der Waals surface area contributed by atoms with Crippen LogP contribution in [0.4, 0.5) is 4.79 Å². The van der Waals surface area contributed by atoms with E-state index in [0.29, 0.717) is 0 Å². The number of nitrogens with one attached hydrogen (secondary N) is 1. The molecule has 0 rings (SSSR count). The third-order valence-electron chi connectivity index (χ3n) is 2.56. The number of aliphatic hydroxyl groups is 1. The van der Waals surface area contributed by atoms with Gasteiger partial charge in [-0.3, -0.25) is 20.8 Å². The van der Waals surface area contributed by atoms with E-state index < -0.39 is 35.5 Å². The lowest BCUT2D eigenvalue weighted by Crippen LogP contribution is -2.45. The highest BCUT2D eigenvalue weighted by Crippen LogP contribution is 1.92. The Balaban J connectivity index is 3.75. The van der Waals surface area contributed by atoms with Gasteiger partial charge in [0.25, 0.3) is 0 Å². The molecule has 0 radical (unpaired) electrons. The van der Waals surface area contributed by atoms with E-state index >= 15 is 0 Å². The van der Waals surface area contributed by atoms with Crippen molar-refractivity contribution in [3.05, 3.63) is 0 Å². The highest BCUT2D eigenvalue weighted by molar-refractivity contribution is 5.81. The first-order valence-corrected chi connectivity index (χ1v) is 7.84. The highest BCUT2D eigenvalue weighted by Gasteiger charge is 2.22.